The van der Waals surface area contributed by atoms with Crippen LogP contribution in [-0.4, -0.2) is 37.7 Å². The largest absolute Gasteiger partial charge is 0.486 e. The third-order valence-electron chi connectivity index (χ3n) is 4.24. The second kappa shape index (κ2) is 8.96. The maximum atomic E-state index is 13.3. The number of rotatable bonds is 7. The summed E-state index contributed by atoms with van der Waals surface area (Å²) in [4.78, 5) is 28.6. The van der Waals surface area contributed by atoms with E-state index >= 15 is 0 Å². The Morgan fingerprint density at radius 3 is 2.97 bits per heavy atom. The maximum absolute atomic E-state index is 13.3. The number of halogens is 2. The summed E-state index contributed by atoms with van der Waals surface area (Å²) in [6.07, 6.45) is 1.01. The van der Waals surface area contributed by atoms with Crippen LogP contribution in [0, 0.1) is 5.82 Å². The minimum atomic E-state index is -0.549. The van der Waals surface area contributed by atoms with Gasteiger partial charge >= 0.3 is 0 Å². The van der Waals surface area contributed by atoms with Gasteiger partial charge in [-0.05, 0) is 25.1 Å². The summed E-state index contributed by atoms with van der Waals surface area (Å²) in [5.74, 6) is 0.0660. The number of anilines is 1. The first-order valence-corrected chi connectivity index (χ1v) is 10.5. The lowest BCUT2D eigenvalue weighted by atomic mass is 10.2. The molecule has 3 N–H and O–H groups in total. The minimum Gasteiger partial charge on any atom is -0.486 e. The van der Waals surface area contributed by atoms with Crippen molar-refractivity contribution in [2.24, 2.45) is 0 Å². The van der Waals surface area contributed by atoms with Crippen LogP contribution in [0.1, 0.15) is 12.7 Å². The van der Waals surface area contributed by atoms with Crippen LogP contribution in [0.4, 0.5) is 9.52 Å². The Hall–Kier alpha value is -3.08. The van der Waals surface area contributed by atoms with Crippen LogP contribution in [0.3, 0.4) is 0 Å². The Kier molecular flexibility index (Phi) is 6.12. The molecule has 0 aliphatic rings. The summed E-state index contributed by atoms with van der Waals surface area (Å²) in [7, 11) is 0. The lowest BCUT2D eigenvalue weighted by Crippen LogP contribution is -2.15. The third kappa shape index (κ3) is 4.82. The first-order chi connectivity index (χ1) is 14.9. The quantitative estimate of drug-likeness (QED) is 0.385. The van der Waals surface area contributed by atoms with Crippen molar-refractivity contribution in [2.45, 2.75) is 19.6 Å². The molecule has 0 saturated carbocycles. The van der Waals surface area contributed by atoms with E-state index in [-0.39, 0.29) is 23.0 Å². The van der Waals surface area contributed by atoms with E-state index < -0.39 is 11.9 Å². The first kappa shape index (κ1) is 21.2. The second-order valence-corrected chi connectivity index (χ2v) is 7.97. The summed E-state index contributed by atoms with van der Waals surface area (Å²) in [5.41, 5.74) is 1.05. The summed E-state index contributed by atoms with van der Waals surface area (Å²) in [6, 6.07) is 5.56. The van der Waals surface area contributed by atoms with Gasteiger partial charge in [0.2, 0.25) is 0 Å². The Morgan fingerprint density at radius 2 is 2.19 bits per heavy atom. The standard InChI is InChI=1S/C20H17ClFN5O3S/c1-10(28)7-24-20-25-15(9-31-20)18-17-12(4-5-23-18)19(29)27-16(26-17)8-30-11-2-3-14(22)13(21)6-11/h2-6,9-10,28H,7-8H2,1H3,(H,24,25)(H,26,27,29)/t10-/m0/s1. The number of fused-ring (bicyclic) bond motifs is 1. The molecule has 8 nitrogen and oxygen atoms in total. The van der Waals surface area contributed by atoms with Crippen molar-refractivity contribution in [3.63, 3.8) is 0 Å². The zero-order valence-electron chi connectivity index (χ0n) is 16.2. The van der Waals surface area contributed by atoms with Gasteiger partial charge in [0.05, 0.1) is 16.5 Å². The van der Waals surface area contributed by atoms with Gasteiger partial charge in [0.25, 0.3) is 5.56 Å². The molecule has 0 amide bonds. The normalized spacial score (nSPS) is 12.1. The van der Waals surface area contributed by atoms with Crippen molar-refractivity contribution in [3.05, 3.63) is 62.9 Å². The topological polar surface area (TPSA) is 113 Å². The van der Waals surface area contributed by atoms with E-state index in [1.807, 2.05) is 0 Å². The Balaban J connectivity index is 1.64. The fourth-order valence-electron chi connectivity index (χ4n) is 2.78. The molecular weight excluding hydrogens is 445 g/mol. The molecule has 0 saturated heterocycles. The third-order valence-corrected chi connectivity index (χ3v) is 5.33. The number of hydrogen-bond acceptors (Lipinski definition) is 8. The number of hydrogen-bond donors (Lipinski definition) is 3. The highest BCUT2D eigenvalue weighted by molar-refractivity contribution is 7.14. The van der Waals surface area contributed by atoms with E-state index in [9.17, 15) is 14.3 Å². The number of thiazole rings is 1. The number of aliphatic hydroxyl groups is 1. The summed E-state index contributed by atoms with van der Waals surface area (Å²) >= 11 is 7.13. The number of aromatic amines is 1. The SMILES string of the molecule is C[C@H](O)CNc1nc(-c2nccc3c(=O)[nH]c(COc4ccc(F)c(Cl)c4)nc23)cs1. The predicted molar refractivity (Wildman–Crippen MR) is 117 cm³/mol. The van der Waals surface area contributed by atoms with Gasteiger partial charge in [0.15, 0.2) is 5.13 Å². The highest BCUT2D eigenvalue weighted by atomic mass is 35.5. The van der Waals surface area contributed by atoms with Crippen molar-refractivity contribution in [3.8, 4) is 17.1 Å². The molecule has 0 bridgehead atoms. The minimum absolute atomic E-state index is 0.0558. The highest BCUT2D eigenvalue weighted by Crippen LogP contribution is 2.27. The zero-order chi connectivity index (χ0) is 22.0. The van der Waals surface area contributed by atoms with E-state index in [1.54, 1.807) is 18.4 Å². The van der Waals surface area contributed by atoms with Crippen molar-refractivity contribution in [2.75, 3.05) is 11.9 Å². The van der Waals surface area contributed by atoms with Crippen LogP contribution in [0.25, 0.3) is 22.3 Å². The van der Waals surface area contributed by atoms with Crippen LogP contribution in [0.2, 0.25) is 5.02 Å². The molecule has 31 heavy (non-hydrogen) atoms. The Morgan fingerprint density at radius 1 is 1.35 bits per heavy atom. The van der Waals surface area contributed by atoms with Gasteiger partial charge in [-0.1, -0.05) is 11.6 Å². The summed E-state index contributed by atoms with van der Waals surface area (Å²) in [6.45, 7) is 1.98. The number of aliphatic hydroxyl groups excluding tert-OH is 1. The zero-order valence-corrected chi connectivity index (χ0v) is 17.8. The van der Waals surface area contributed by atoms with Crippen molar-refractivity contribution < 1.29 is 14.2 Å². The number of nitrogens with one attached hydrogen (secondary N) is 2. The molecular formula is C20H17ClFN5O3S. The maximum Gasteiger partial charge on any atom is 0.258 e. The summed E-state index contributed by atoms with van der Waals surface area (Å²) in [5, 5.41) is 15.2. The van der Waals surface area contributed by atoms with E-state index in [2.05, 4.69) is 25.3 Å². The molecule has 11 heteroatoms. The molecule has 0 fully saturated rings. The molecule has 0 aliphatic carbocycles. The number of H-pyrrole nitrogens is 1. The van der Waals surface area contributed by atoms with E-state index in [0.717, 1.165) is 0 Å². The van der Waals surface area contributed by atoms with Gasteiger partial charge < -0.3 is 20.1 Å². The molecule has 1 aromatic carbocycles. The Labute approximate surface area is 184 Å². The van der Waals surface area contributed by atoms with E-state index in [1.165, 1.54) is 35.7 Å². The van der Waals surface area contributed by atoms with Crippen LogP contribution >= 0.6 is 22.9 Å². The first-order valence-electron chi connectivity index (χ1n) is 9.24. The fraction of sp³-hybridized carbons (Fsp3) is 0.200. The Bertz CT molecular complexity index is 1290. The fourth-order valence-corrected chi connectivity index (χ4v) is 3.66. The van der Waals surface area contributed by atoms with Crippen LogP contribution in [0.5, 0.6) is 5.75 Å². The molecule has 4 rings (SSSR count). The average Bonchev–Trinajstić information content (AvgIpc) is 3.22. The van der Waals surface area contributed by atoms with E-state index in [0.29, 0.717) is 39.7 Å². The molecule has 1 atom stereocenters. The average molecular weight is 462 g/mol. The van der Waals surface area contributed by atoms with E-state index in [4.69, 9.17) is 16.3 Å². The molecule has 0 unspecified atom stereocenters. The van der Waals surface area contributed by atoms with Gasteiger partial charge in [-0.25, -0.2) is 14.4 Å². The van der Waals surface area contributed by atoms with Gasteiger partial charge in [-0.3, -0.25) is 9.78 Å². The molecule has 160 valence electrons. The van der Waals surface area contributed by atoms with Gasteiger partial charge in [-0.2, -0.15) is 0 Å². The molecule has 0 radical (unpaired) electrons. The number of pyridine rings is 1. The summed E-state index contributed by atoms with van der Waals surface area (Å²) < 4.78 is 18.9. The van der Waals surface area contributed by atoms with Gasteiger partial charge in [-0.15, -0.1) is 11.3 Å². The number of aromatic nitrogens is 4. The monoisotopic (exact) mass is 461 g/mol. The lowest BCUT2D eigenvalue weighted by molar-refractivity contribution is 0.208. The molecule has 3 aromatic heterocycles. The van der Waals surface area contributed by atoms with Crippen molar-refractivity contribution in [1.82, 2.24) is 19.9 Å². The van der Waals surface area contributed by atoms with Crippen LogP contribution in [-0.2, 0) is 6.61 Å². The van der Waals surface area contributed by atoms with Crippen LogP contribution < -0.4 is 15.6 Å². The van der Waals surface area contributed by atoms with Crippen molar-refractivity contribution >= 4 is 39.0 Å². The van der Waals surface area contributed by atoms with Gasteiger partial charge in [0.1, 0.15) is 40.9 Å². The van der Waals surface area contributed by atoms with Crippen molar-refractivity contribution in [1.29, 1.82) is 0 Å². The van der Waals surface area contributed by atoms with Crippen LogP contribution in [0.15, 0.2) is 40.6 Å². The molecule has 0 aliphatic heterocycles. The number of ether oxygens (including phenoxy) is 1. The predicted octanol–water partition coefficient (Wildman–Crippen LogP) is 3.61. The number of benzene rings is 1. The smallest absolute Gasteiger partial charge is 0.258 e. The molecule has 3 heterocycles. The molecule has 0 spiro atoms. The second-order valence-electron chi connectivity index (χ2n) is 6.70. The highest BCUT2D eigenvalue weighted by Gasteiger charge is 2.15. The molecule has 4 aromatic rings. The lowest BCUT2D eigenvalue weighted by Gasteiger charge is -2.08. The van der Waals surface area contributed by atoms with Gasteiger partial charge in [0, 0.05) is 24.2 Å². The number of nitrogens with zero attached hydrogens (tertiary/aromatic N) is 3.